The number of nitro benzene ring substituents is 1. The predicted molar refractivity (Wildman–Crippen MR) is 75.7 cm³/mol. The molecule has 1 heterocycles. The van der Waals surface area contributed by atoms with Gasteiger partial charge in [0.1, 0.15) is 11.5 Å². The van der Waals surface area contributed by atoms with E-state index in [1.54, 1.807) is 26.0 Å². The summed E-state index contributed by atoms with van der Waals surface area (Å²) in [5.74, 6) is -0.191. The Morgan fingerprint density at radius 2 is 2.10 bits per heavy atom. The molecule has 0 bridgehead atoms. The Bertz CT molecular complexity index is 730. The zero-order chi connectivity index (χ0) is 15.6. The summed E-state index contributed by atoms with van der Waals surface area (Å²) in [4.78, 5) is 18.6. The molecule has 1 aromatic heterocycles. The molecule has 21 heavy (non-hydrogen) atoms. The van der Waals surface area contributed by atoms with Crippen LogP contribution in [0.2, 0.25) is 0 Å². The molecule has 0 amide bonds. The Hall–Kier alpha value is -3.03. The monoisotopic (exact) mass is 287 g/mol. The number of amidine groups is 1. The first-order valence-electron chi connectivity index (χ1n) is 6.00. The van der Waals surface area contributed by atoms with E-state index in [1.807, 2.05) is 0 Å². The number of aryl methyl sites for hydroxylation is 2. The molecule has 108 valence electrons. The van der Waals surface area contributed by atoms with Crippen molar-refractivity contribution in [3.8, 4) is 11.8 Å². The molecule has 0 unspecified atom stereocenters. The van der Waals surface area contributed by atoms with Gasteiger partial charge in [0, 0.05) is 11.3 Å². The first-order chi connectivity index (χ1) is 9.88. The van der Waals surface area contributed by atoms with Crippen molar-refractivity contribution in [3.05, 3.63) is 51.3 Å². The Morgan fingerprint density at radius 3 is 2.71 bits per heavy atom. The number of aromatic nitrogens is 2. The fraction of sp³-hybridized carbons (Fsp3) is 0.154. The molecule has 0 atom stereocenters. The van der Waals surface area contributed by atoms with Gasteiger partial charge in [0.25, 0.3) is 0 Å². The van der Waals surface area contributed by atoms with Gasteiger partial charge in [-0.2, -0.15) is 4.98 Å². The second-order valence-electron chi connectivity index (χ2n) is 4.37. The maximum Gasteiger partial charge on any atom is 0.323 e. The third kappa shape index (κ3) is 3.11. The number of benzene rings is 1. The molecule has 8 heteroatoms. The van der Waals surface area contributed by atoms with Crippen molar-refractivity contribution in [2.75, 3.05) is 0 Å². The zero-order valence-electron chi connectivity index (χ0n) is 11.5. The summed E-state index contributed by atoms with van der Waals surface area (Å²) >= 11 is 0. The normalized spacial score (nSPS) is 10.2. The third-order valence-corrected chi connectivity index (χ3v) is 2.69. The lowest BCUT2D eigenvalue weighted by atomic mass is 10.2. The molecule has 2 rings (SSSR count). The van der Waals surface area contributed by atoms with E-state index in [9.17, 15) is 10.1 Å². The maximum absolute atomic E-state index is 11.1. The van der Waals surface area contributed by atoms with Gasteiger partial charge in [-0.3, -0.25) is 15.5 Å². The first kappa shape index (κ1) is 14.4. The molecule has 1 aromatic carbocycles. The van der Waals surface area contributed by atoms with Crippen LogP contribution in [0.4, 0.5) is 5.69 Å². The first-order valence-corrected chi connectivity index (χ1v) is 6.00. The average Bonchev–Trinajstić information content (AvgIpc) is 2.37. The van der Waals surface area contributed by atoms with E-state index >= 15 is 0 Å². The van der Waals surface area contributed by atoms with Crippen LogP contribution in [0.3, 0.4) is 0 Å². The van der Waals surface area contributed by atoms with E-state index in [2.05, 4.69) is 9.97 Å². The topological polar surface area (TPSA) is 128 Å². The molecule has 0 aliphatic heterocycles. The molecule has 0 aliphatic carbocycles. The average molecular weight is 287 g/mol. The molecule has 0 saturated heterocycles. The van der Waals surface area contributed by atoms with E-state index < -0.39 is 4.92 Å². The number of rotatable bonds is 4. The Balaban J connectivity index is 2.46. The molecule has 0 aliphatic rings. The van der Waals surface area contributed by atoms with Crippen LogP contribution in [0.1, 0.15) is 17.0 Å². The minimum Gasteiger partial charge on any atom is -0.417 e. The van der Waals surface area contributed by atoms with Crippen LogP contribution in [0.15, 0.2) is 24.3 Å². The van der Waals surface area contributed by atoms with E-state index in [1.165, 1.54) is 12.1 Å². The van der Waals surface area contributed by atoms with Gasteiger partial charge in [-0.1, -0.05) is 12.1 Å². The Labute approximate surface area is 120 Å². The summed E-state index contributed by atoms with van der Waals surface area (Å²) in [6.45, 7) is 3.30. The summed E-state index contributed by atoms with van der Waals surface area (Å²) in [5.41, 5.74) is 6.44. The Kier molecular flexibility index (Phi) is 3.79. The molecule has 2 aromatic rings. The molecular formula is C13H13N5O3. The van der Waals surface area contributed by atoms with Crippen LogP contribution < -0.4 is 10.5 Å². The highest BCUT2D eigenvalue weighted by atomic mass is 16.6. The number of para-hydroxylation sites is 1. The number of nitrogens with two attached hydrogens (primary N) is 1. The number of hydrogen-bond acceptors (Lipinski definition) is 6. The summed E-state index contributed by atoms with van der Waals surface area (Å²) < 4.78 is 5.41. The molecular weight excluding hydrogens is 274 g/mol. The molecule has 8 nitrogen and oxygen atoms in total. The number of nitrogen functional groups attached to an aromatic ring is 1. The van der Waals surface area contributed by atoms with E-state index in [4.69, 9.17) is 15.9 Å². The van der Waals surface area contributed by atoms with Crippen molar-refractivity contribution in [1.82, 2.24) is 9.97 Å². The highest BCUT2D eigenvalue weighted by Gasteiger charge is 2.20. The lowest BCUT2D eigenvalue weighted by Crippen LogP contribution is -2.14. The zero-order valence-corrected chi connectivity index (χ0v) is 11.5. The van der Waals surface area contributed by atoms with Crippen molar-refractivity contribution in [1.29, 1.82) is 5.41 Å². The van der Waals surface area contributed by atoms with Crippen LogP contribution in [0.5, 0.6) is 11.8 Å². The van der Waals surface area contributed by atoms with E-state index in [0.29, 0.717) is 11.3 Å². The lowest BCUT2D eigenvalue weighted by molar-refractivity contribution is -0.386. The van der Waals surface area contributed by atoms with Gasteiger partial charge in [0.05, 0.1) is 4.92 Å². The van der Waals surface area contributed by atoms with Gasteiger partial charge in [-0.15, -0.1) is 0 Å². The van der Waals surface area contributed by atoms with Crippen molar-refractivity contribution in [2.24, 2.45) is 5.73 Å². The fourth-order valence-electron chi connectivity index (χ4n) is 1.77. The van der Waals surface area contributed by atoms with Gasteiger partial charge in [-0.05, 0) is 26.0 Å². The molecule has 3 N–H and O–H groups in total. The molecule has 0 saturated carbocycles. The van der Waals surface area contributed by atoms with Gasteiger partial charge in [0.15, 0.2) is 0 Å². The van der Waals surface area contributed by atoms with Crippen molar-refractivity contribution >= 4 is 11.5 Å². The second kappa shape index (κ2) is 5.53. The second-order valence-corrected chi connectivity index (χ2v) is 4.37. The quantitative estimate of drug-likeness (QED) is 0.383. The van der Waals surface area contributed by atoms with Crippen LogP contribution in [-0.4, -0.2) is 20.7 Å². The van der Waals surface area contributed by atoms with Gasteiger partial charge in [0.2, 0.25) is 5.75 Å². The maximum atomic E-state index is 11.1. The molecule has 0 spiro atoms. The summed E-state index contributed by atoms with van der Waals surface area (Å²) in [6.07, 6.45) is 0. The Morgan fingerprint density at radius 1 is 1.38 bits per heavy atom. The summed E-state index contributed by atoms with van der Waals surface area (Å²) in [5, 5.41) is 18.5. The van der Waals surface area contributed by atoms with Crippen LogP contribution in [0, 0.1) is 29.4 Å². The molecule has 0 radical (unpaired) electrons. The van der Waals surface area contributed by atoms with Crippen LogP contribution >= 0.6 is 0 Å². The lowest BCUT2D eigenvalue weighted by Gasteiger charge is -2.08. The van der Waals surface area contributed by atoms with Crippen LogP contribution in [-0.2, 0) is 0 Å². The number of nitrogens with one attached hydrogen (secondary N) is 1. The standard InChI is InChI=1S/C13H13N5O3/c1-7-4-3-5-10(11(7)18(19)20)21-13-16-8(2)6-9(17-13)12(14)15/h3-6H,1-2H3,(H3,14,15). The van der Waals surface area contributed by atoms with Gasteiger partial charge >= 0.3 is 11.7 Å². The smallest absolute Gasteiger partial charge is 0.323 e. The van der Waals surface area contributed by atoms with Gasteiger partial charge in [-0.25, -0.2) is 4.98 Å². The number of hydrogen-bond donors (Lipinski definition) is 2. The van der Waals surface area contributed by atoms with E-state index in [0.717, 1.165) is 0 Å². The highest BCUT2D eigenvalue weighted by molar-refractivity contribution is 5.93. The summed E-state index contributed by atoms with van der Waals surface area (Å²) in [6, 6.07) is 6.15. The van der Waals surface area contributed by atoms with Crippen LogP contribution in [0.25, 0.3) is 0 Å². The molecule has 0 fully saturated rings. The van der Waals surface area contributed by atoms with Crippen molar-refractivity contribution < 1.29 is 9.66 Å². The van der Waals surface area contributed by atoms with Crippen molar-refractivity contribution in [3.63, 3.8) is 0 Å². The van der Waals surface area contributed by atoms with Gasteiger partial charge < -0.3 is 10.5 Å². The predicted octanol–water partition coefficient (Wildman–Crippen LogP) is 2.08. The highest BCUT2D eigenvalue weighted by Crippen LogP contribution is 2.32. The van der Waals surface area contributed by atoms with Crippen molar-refractivity contribution in [2.45, 2.75) is 13.8 Å². The minimum atomic E-state index is -0.521. The third-order valence-electron chi connectivity index (χ3n) is 2.69. The summed E-state index contributed by atoms with van der Waals surface area (Å²) in [7, 11) is 0. The number of nitrogens with zero attached hydrogens (tertiary/aromatic N) is 3. The fourth-order valence-corrected chi connectivity index (χ4v) is 1.77. The minimum absolute atomic E-state index is 0.0418. The SMILES string of the molecule is Cc1cc(C(=N)N)nc(Oc2cccc(C)c2[N+](=O)[O-])n1. The largest absolute Gasteiger partial charge is 0.417 e. The number of ether oxygens (including phenoxy) is 1. The van der Waals surface area contributed by atoms with E-state index in [-0.39, 0.29) is 29.0 Å². The number of nitro groups is 1.